The van der Waals surface area contributed by atoms with Gasteiger partial charge in [-0.1, -0.05) is 13.3 Å². The summed E-state index contributed by atoms with van der Waals surface area (Å²) in [5, 5.41) is 12.9. The van der Waals surface area contributed by atoms with Gasteiger partial charge in [0, 0.05) is 12.1 Å². The molecule has 3 nitrogen and oxygen atoms in total. The lowest BCUT2D eigenvalue weighted by Crippen LogP contribution is -2.43. The zero-order chi connectivity index (χ0) is 14.4. The molecule has 0 aromatic carbocycles. The molecule has 0 spiro atoms. The summed E-state index contributed by atoms with van der Waals surface area (Å²) < 4.78 is 0. The van der Waals surface area contributed by atoms with Crippen molar-refractivity contribution < 1.29 is 0 Å². The van der Waals surface area contributed by atoms with Crippen LogP contribution in [0.15, 0.2) is 0 Å². The van der Waals surface area contributed by atoms with Crippen molar-refractivity contribution in [2.75, 3.05) is 13.1 Å². The molecule has 1 aliphatic carbocycles. The Morgan fingerprint density at radius 3 is 2.70 bits per heavy atom. The van der Waals surface area contributed by atoms with E-state index >= 15 is 0 Å². The van der Waals surface area contributed by atoms with Crippen LogP contribution < -0.4 is 5.32 Å². The highest BCUT2D eigenvalue weighted by molar-refractivity contribution is 5.06. The molecule has 1 saturated carbocycles. The van der Waals surface area contributed by atoms with E-state index in [0.29, 0.717) is 6.04 Å². The predicted molar refractivity (Wildman–Crippen MR) is 83.5 cm³/mol. The van der Waals surface area contributed by atoms with Crippen LogP contribution in [0.1, 0.15) is 71.6 Å². The van der Waals surface area contributed by atoms with Gasteiger partial charge in [0.1, 0.15) is 5.54 Å². The molecule has 1 aliphatic heterocycles. The maximum Gasteiger partial charge on any atom is 0.104 e. The quantitative estimate of drug-likeness (QED) is 0.691. The van der Waals surface area contributed by atoms with Crippen molar-refractivity contribution in [1.29, 1.82) is 5.26 Å². The van der Waals surface area contributed by atoms with Crippen molar-refractivity contribution in [3.63, 3.8) is 0 Å². The van der Waals surface area contributed by atoms with Crippen LogP contribution in [0, 0.1) is 11.3 Å². The van der Waals surface area contributed by atoms with E-state index in [9.17, 15) is 5.26 Å². The lowest BCUT2D eigenvalue weighted by Gasteiger charge is -2.35. The number of nitrogens with one attached hydrogen (secondary N) is 1. The van der Waals surface area contributed by atoms with Crippen molar-refractivity contribution >= 4 is 0 Å². The lowest BCUT2D eigenvalue weighted by atomic mass is 9.95. The third kappa shape index (κ3) is 4.75. The first-order valence-corrected chi connectivity index (χ1v) is 8.60. The summed E-state index contributed by atoms with van der Waals surface area (Å²) in [6.45, 7) is 6.90. The minimum Gasteiger partial charge on any atom is -0.300 e. The van der Waals surface area contributed by atoms with Gasteiger partial charge >= 0.3 is 0 Å². The minimum atomic E-state index is -0.298. The van der Waals surface area contributed by atoms with E-state index in [-0.39, 0.29) is 5.54 Å². The molecule has 1 saturated heterocycles. The molecule has 0 amide bonds. The number of nitrogens with zero attached hydrogens (tertiary/aromatic N) is 2. The van der Waals surface area contributed by atoms with Crippen LogP contribution >= 0.6 is 0 Å². The highest BCUT2D eigenvalue weighted by Gasteiger charge is 2.32. The molecule has 114 valence electrons. The highest BCUT2D eigenvalue weighted by Crippen LogP contribution is 2.25. The van der Waals surface area contributed by atoms with E-state index in [1.165, 1.54) is 58.0 Å². The molecule has 1 N–H and O–H groups in total. The van der Waals surface area contributed by atoms with E-state index in [1.54, 1.807) is 0 Å². The smallest absolute Gasteiger partial charge is 0.104 e. The average Bonchev–Trinajstić information content (AvgIpc) is 3.28. The van der Waals surface area contributed by atoms with Gasteiger partial charge in [-0.15, -0.1) is 0 Å². The van der Waals surface area contributed by atoms with Gasteiger partial charge < -0.3 is 4.90 Å². The second-order valence-corrected chi connectivity index (χ2v) is 6.91. The number of hydrogen-bond acceptors (Lipinski definition) is 3. The Morgan fingerprint density at radius 2 is 2.05 bits per heavy atom. The molecule has 0 aromatic heterocycles. The van der Waals surface area contributed by atoms with Crippen LogP contribution in [0.5, 0.6) is 0 Å². The fourth-order valence-electron chi connectivity index (χ4n) is 3.45. The number of nitriles is 1. The molecule has 2 unspecified atom stereocenters. The Bertz CT molecular complexity index is 332. The summed E-state index contributed by atoms with van der Waals surface area (Å²) in [5.41, 5.74) is -0.298. The maximum absolute atomic E-state index is 9.37. The Morgan fingerprint density at radius 1 is 1.25 bits per heavy atom. The van der Waals surface area contributed by atoms with Crippen molar-refractivity contribution in [3.05, 3.63) is 0 Å². The van der Waals surface area contributed by atoms with Crippen molar-refractivity contribution in [3.8, 4) is 6.07 Å². The number of hydrogen-bond donors (Lipinski definition) is 1. The van der Waals surface area contributed by atoms with Crippen LogP contribution in [0.2, 0.25) is 0 Å². The SMILES string of the molecule is CCC1CCCCN1CCCCC(C)(C#N)NC1CC1. The van der Waals surface area contributed by atoms with Gasteiger partial charge in [-0.2, -0.15) is 5.26 Å². The summed E-state index contributed by atoms with van der Waals surface area (Å²) >= 11 is 0. The fourth-order valence-corrected chi connectivity index (χ4v) is 3.45. The van der Waals surface area contributed by atoms with Gasteiger partial charge in [-0.05, 0) is 71.4 Å². The summed E-state index contributed by atoms with van der Waals surface area (Å²) in [6.07, 6.45) is 11.4. The molecule has 20 heavy (non-hydrogen) atoms. The monoisotopic (exact) mass is 277 g/mol. The molecule has 2 aliphatic rings. The first kappa shape index (κ1) is 15.8. The Labute approximate surface area is 124 Å². The van der Waals surface area contributed by atoms with E-state index in [4.69, 9.17) is 0 Å². The second kappa shape index (κ2) is 7.43. The van der Waals surface area contributed by atoms with Crippen LogP contribution in [-0.4, -0.2) is 35.6 Å². The molecule has 0 aromatic rings. The molecule has 2 rings (SSSR count). The van der Waals surface area contributed by atoms with Gasteiger partial charge in [-0.3, -0.25) is 5.32 Å². The van der Waals surface area contributed by atoms with Crippen LogP contribution in [-0.2, 0) is 0 Å². The highest BCUT2D eigenvalue weighted by atomic mass is 15.2. The summed E-state index contributed by atoms with van der Waals surface area (Å²) in [7, 11) is 0. The second-order valence-electron chi connectivity index (χ2n) is 6.91. The standard InChI is InChI=1S/C17H31N3/c1-3-16-8-4-6-12-20(16)13-7-5-11-17(2,14-18)19-15-9-10-15/h15-16,19H,3-13H2,1-2H3. The van der Waals surface area contributed by atoms with Crippen molar-refractivity contribution in [2.45, 2.75) is 89.3 Å². The van der Waals surface area contributed by atoms with Gasteiger partial charge in [0.25, 0.3) is 0 Å². The van der Waals surface area contributed by atoms with Gasteiger partial charge in [0.05, 0.1) is 6.07 Å². The van der Waals surface area contributed by atoms with Crippen LogP contribution in [0.3, 0.4) is 0 Å². The molecule has 2 atom stereocenters. The van der Waals surface area contributed by atoms with Gasteiger partial charge in [-0.25, -0.2) is 0 Å². The zero-order valence-corrected chi connectivity index (χ0v) is 13.3. The largest absolute Gasteiger partial charge is 0.300 e. The summed E-state index contributed by atoms with van der Waals surface area (Å²) in [4.78, 5) is 2.68. The summed E-state index contributed by atoms with van der Waals surface area (Å²) in [5.74, 6) is 0. The predicted octanol–water partition coefficient (Wildman–Crippen LogP) is 3.46. The zero-order valence-electron chi connectivity index (χ0n) is 13.3. The molecule has 0 bridgehead atoms. The molecule has 0 radical (unpaired) electrons. The van der Waals surface area contributed by atoms with Crippen molar-refractivity contribution in [2.24, 2.45) is 0 Å². The lowest BCUT2D eigenvalue weighted by molar-refractivity contribution is 0.140. The fraction of sp³-hybridized carbons (Fsp3) is 0.941. The molecular weight excluding hydrogens is 246 g/mol. The van der Waals surface area contributed by atoms with E-state index in [2.05, 4.69) is 30.1 Å². The molecule has 3 heteroatoms. The maximum atomic E-state index is 9.37. The first-order chi connectivity index (χ1) is 9.67. The molecule has 2 fully saturated rings. The van der Waals surface area contributed by atoms with Gasteiger partial charge in [0.15, 0.2) is 0 Å². The number of likely N-dealkylation sites (tertiary alicyclic amines) is 1. The number of unbranched alkanes of at least 4 members (excludes halogenated alkanes) is 1. The van der Waals surface area contributed by atoms with Crippen LogP contribution in [0.25, 0.3) is 0 Å². The summed E-state index contributed by atoms with van der Waals surface area (Å²) in [6, 6.07) is 3.92. The van der Waals surface area contributed by atoms with E-state index in [0.717, 1.165) is 18.9 Å². The third-order valence-corrected chi connectivity index (χ3v) is 4.94. The average molecular weight is 277 g/mol. The number of rotatable bonds is 8. The number of piperidine rings is 1. The third-order valence-electron chi connectivity index (χ3n) is 4.94. The van der Waals surface area contributed by atoms with Gasteiger partial charge in [0.2, 0.25) is 0 Å². The molecular formula is C17H31N3. The molecule has 1 heterocycles. The first-order valence-electron chi connectivity index (χ1n) is 8.60. The Kier molecular flexibility index (Phi) is 5.86. The van der Waals surface area contributed by atoms with Crippen LogP contribution in [0.4, 0.5) is 0 Å². The van der Waals surface area contributed by atoms with E-state index in [1.807, 2.05) is 0 Å². The minimum absolute atomic E-state index is 0.298. The van der Waals surface area contributed by atoms with Crippen molar-refractivity contribution in [1.82, 2.24) is 10.2 Å². The van der Waals surface area contributed by atoms with E-state index < -0.39 is 0 Å². The Balaban J connectivity index is 1.65. The Hall–Kier alpha value is -0.590. The normalized spacial score (nSPS) is 26.9. The topological polar surface area (TPSA) is 39.1 Å².